The summed E-state index contributed by atoms with van der Waals surface area (Å²) in [6, 6.07) is 0. The van der Waals surface area contributed by atoms with Gasteiger partial charge in [-0.15, -0.1) is 6.58 Å². The van der Waals surface area contributed by atoms with Gasteiger partial charge in [-0.3, -0.25) is 0 Å². The first-order valence-electron chi connectivity index (χ1n) is 3.77. The molecule has 0 aliphatic heterocycles. The summed E-state index contributed by atoms with van der Waals surface area (Å²) in [7, 11) is 0. The molecule has 0 aliphatic rings. The van der Waals surface area contributed by atoms with Crippen molar-refractivity contribution in [2.24, 2.45) is 0 Å². The largest absolute Gasteiger partial charge is 0.396 e. The second-order valence-corrected chi connectivity index (χ2v) is 1.88. The van der Waals surface area contributed by atoms with Crippen LogP contribution in [0.2, 0.25) is 0 Å². The van der Waals surface area contributed by atoms with Crippen LogP contribution in [0.15, 0.2) is 24.8 Å². The summed E-state index contributed by atoms with van der Waals surface area (Å²) < 4.78 is 0. The Morgan fingerprint density at radius 3 is 1.82 bits per heavy atom. The van der Waals surface area contributed by atoms with Gasteiger partial charge in [-0.1, -0.05) is 18.2 Å². The zero-order chi connectivity index (χ0) is 8.95. The minimum atomic E-state index is 0.226. The van der Waals surface area contributed by atoms with E-state index in [-0.39, 0.29) is 13.2 Å². The predicted octanol–water partition coefficient (Wildman–Crippen LogP) is 1.50. The molecule has 0 fully saturated rings. The van der Waals surface area contributed by atoms with Crippen LogP contribution in [0.4, 0.5) is 0 Å². The van der Waals surface area contributed by atoms with E-state index >= 15 is 0 Å². The molecule has 0 aromatic heterocycles. The van der Waals surface area contributed by atoms with Crippen molar-refractivity contribution in [1.82, 2.24) is 0 Å². The molecule has 0 aromatic rings. The number of aliphatic hydroxyl groups is 2. The van der Waals surface area contributed by atoms with Crippen LogP contribution < -0.4 is 0 Å². The number of hydrogen-bond acceptors (Lipinski definition) is 2. The zero-order valence-electron chi connectivity index (χ0n) is 7.16. The van der Waals surface area contributed by atoms with Gasteiger partial charge in [0.05, 0.1) is 0 Å². The molecule has 0 rings (SSSR count). The van der Waals surface area contributed by atoms with Gasteiger partial charge in [-0.05, 0) is 19.8 Å². The molecule has 66 valence electrons. The van der Waals surface area contributed by atoms with E-state index in [4.69, 9.17) is 10.2 Å². The van der Waals surface area contributed by atoms with E-state index in [1.165, 1.54) is 0 Å². The maximum absolute atomic E-state index is 8.15. The minimum absolute atomic E-state index is 0.226. The molecule has 0 aromatic carbocycles. The molecule has 0 radical (unpaired) electrons. The summed E-state index contributed by atoms with van der Waals surface area (Å²) in [5, 5.41) is 16.1. The standard InChI is InChI=1S/C5H10O.C4H8O/c1-2-3-4-5-6;1-2-3-4-5/h2-3,6H,4-5H2,1H3;2,5H,1,3-4H2. The van der Waals surface area contributed by atoms with E-state index in [9.17, 15) is 0 Å². The average Bonchev–Trinajstić information content (AvgIpc) is 2.04. The number of rotatable bonds is 4. The fraction of sp³-hybridized carbons (Fsp3) is 0.556. The molecule has 0 atom stereocenters. The smallest absolute Gasteiger partial charge is 0.0465 e. The van der Waals surface area contributed by atoms with Gasteiger partial charge in [0.25, 0.3) is 0 Å². The SMILES string of the molecule is C=CCCO.CC=CCCO. The van der Waals surface area contributed by atoms with Crippen molar-refractivity contribution in [3.8, 4) is 0 Å². The van der Waals surface area contributed by atoms with E-state index in [1.807, 2.05) is 19.1 Å². The Morgan fingerprint density at radius 1 is 1.18 bits per heavy atom. The third-order valence-corrected chi connectivity index (χ3v) is 0.865. The molecule has 0 bridgehead atoms. The summed E-state index contributed by atoms with van der Waals surface area (Å²) in [6.45, 7) is 5.82. The minimum Gasteiger partial charge on any atom is -0.396 e. The maximum atomic E-state index is 8.15. The lowest BCUT2D eigenvalue weighted by Crippen LogP contribution is -1.73. The van der Waals surface area contributed by atoms with Gasteiger partial charge in [0.2, 0.25) is 0 Å². The third-order valence-electron chi connectivity index (χ3n) is 0.865. The second kappa shape index (κ2) is 16.2. The second-order valence-electron chi connectivity index (χ2n) is 1.88. The van der Waals surface area contributed by atoms with Gasteiger partial charge in [0.1, 0.15) is 0 Å². The van der Waals surface area contributed by atoms with Crippen LogP contribution in [0.25, 0.3) is 0 Å². The summed E-state index contributed by atoms with van der Waals surface area (Å²) in [5.74, 6) is 0. The summed E-state index contributed by atoms with van der Waals surface area (Å²) in [5.41, 5.74) is 0. The highest BCUT2D eigenvalue weighted by molar-refractivity contribution is 4.75. The van der Waals surface area contributed by atoms with Crippen LogP contribution in [0.3, 0.4) is 0 Å². The van der Waals surface area contributed by atoms with Crippen LogP contribution >= 0.6 is 0 Å². The molecular weight excluding hydrogens is 140 g/mol. The van der Waals surface area contributed by atoms with Gasteiger partial charge in [0, 0.05) is 13.2 Å². The summed E-state index contributed by atoms with van der Waals surface area (Å²) >= 11 is 0. The number of hydrogen-bond donors (Lipinski definition) is 2. The summed E-state index contributed by atoms with van der Waals surface area (Å²) in [4.78, 5) is 0. The molecule has 2 N–H and O–H groups in total. The average molecular weight is 158 g/mol. The maximum Gasteiger partial charge on any atom is 0.0465 e. The predicted molar refractivity (Wildman–Crippen MR) is 48.4 cm³/mol. The van der Waals surface area contributed by atoms with Crippen LogP contribution in [-0.4, -0.2) is 23.4 Å². The van der Waals surface area contributed by atoms with Crippen LogP contribution in [0, 0.1) is 0 Å². The Kier molecular flexibility index (Phi) is 19.2. The molecule has 0 spiro atoms. The van der Waals surface area contributed by atoms with Gasteiger partial charge in [0.15, 0.2) is 0 Å². The normalized spacial score (nSPS) is 9.00. The van der Waals surface area contributed by atoms with Crippen LogP contribution in [0.1, 0.15) is 19.8 Å². The lowest BCUT2D eigenvalue weighted by Gasteiger charge is -1.76. The van der Waals surface area contributed by atoms with Crippen molar-refractivity contribution in [3.05, 3.63) is 24.8 Å². The highest BCUT2D eigenvalue weighted by atomic mass is 16.3. The van der Waals surface area contributed by atoms with Crippen LogP contribution in [-0.2, 0) is 0 Å². The molecule has 0 unspecified atom stereocenters. The monoisotopic (exact) mass is 158 g/mol. The van der Waals surface area contributed by atoms with Crippen molar-refractivity contribution in [2.75, 3.05) is 13.2 Å². The molecule has 2 heteroatoms. The highest BCUT2D eigenvalue weighted by Crippen LogP contribution is 1.75. The zero-order valence-corrected chi connectivity index (χ0v) is 7.16. The molecule has 0 aliphatic carbocycles. The lowest BCUT2D eigenvalue weighted by molar-refractivity contribution is 0.302. The first kappa shape index (κ1) is 13.0. The van der Waals surface area contributed by atoms with Gasteiger partial charge < -0.3 is 10.2 Å². The van der Waals surface area contributed by atoms with Gasteiger partial charge in [-0.2, -0.15) is 0 Å². The first-order chi connectivity index (χ1) is 5.33. The van der Waals surface area contributed by atoms with Crippen LogP contribution in [0.5, 0.6) is 0 Å². The Balaban J connectivity index is 0. The van der Waals surface area contributed by atoms with E-state index < -0.39 is 0 Å². The van der Waals surface area contributed by atoms with Gasteiger partial charge in [-0.25, -0.2) is 0 Å². The fourth-order valence-electron chi connectivity index (χ4n) is 0.332. The molecule has 2 nitrogen and oxygen atoms in total. The van der Waals surface area contributed by atoms with Crippen molar-refractivity contribution in [1.29, 1.82) is 0 Å². The van der Waals surface area contributed by atoms with E-state index in [2.05, 4.69) is 6.58 Å². The van der Waals surface area contributed by atoms with E-state index in [0.29, 0.717) is 6.42 Å². The van der Waals surface area contributed by atoms with Crippen molar-refractivity contribution in [3.63, 3.8) is 0 Å². The molecule has 11 heavy (non-hydrogen) atoms. The molecule has 0 saturated heterocycles. The highest BCUT2D eigenvalue weighted by Gasteiger charge is 1.65. The van der Waals surface area contributed by atoms with Crippen molar-refractivity contribution >= 4 is 0 Å². The van der Waals surface area contributed by atoms with E-state index in [1.54, 1.807) is 6.08 Å². The van der Waals surface area contributed by atoms with Crippen molar-refractivity contribution < 1.29 is 10.2 Å². The Labute approximate surface area is 68.9 Å². The Bertz CT molecular complexity index is 87.6. The fourth-order valence-corrected chi connectivity index (χ4v) is 0.332. The van der Waals surface area contributed by atoms with E-state index in [0.717, 1.165) is 6.42 Å². The quantitative estimate of drug-likeness (QED) is 0.609. The van der Waals surface area contributed by atoms with Gasteiger partial charge >= 0.3 is 0 Å². The molecule has 0 amide bonds. The lowest BCUT2D eigenvalue weighted by atomic mass is 10.4. The number of allylic oxidation sites excluding steroid dienone is 1. The molecule has 0 heterocycles. The number of aliphatic hydroxyl groups excluding tert-OH is 2. The molecule has 0 saturated carbocycles. The van der Waals surface area contributed by atoms with Crippen molar-refractivity contribution in [2.45, 2.75) is 19.8 Å². The summed E-state index contributed by atoms with van der Waals surface area (Å²) in [6.07, 6.45) is 7.03. The molecular formula is C9H18O2. The topological polar surface area (TPSA) is 40.5 Å². The Morgan fingerprint density at radius 2 is 1.73 bits per heavy atom. The Hall–Kier alpha value is -0.600. The first-order valence-corrected chi connectivity index (χ1v) is 3.77. The third kappa shape index (κ3) is 26.6.